The highest BCUT2D eigenvalue weighted by atomic mass is 79.9. The molecule has 4 heteroatoms. The molecule has 0 spiro atoms. The lowest BCUT2D eigenvalue weighted by Crippen LogP contribution is -2.31. The molecule has 0 radical (unpaired) electrons. The van der Waals surface area contributed by atoms with Crippen molar-refractivity contribution in [3.05, 3.63) is 34.2 Å². The van der Waals surface area contributed by atoms with Crippen LogP contribution in [0.1, 0.15) is 38.3 Å². The molecule has 1 aromatic heterocycles. The van der Waals surface area contributed by atoms with Crippen LogP contribution in [0.25, 0.3) is 10.9 Å². The molecule has 0 atom stereocenters. The van der Waals surface area contributed by atoms with Gasteiger partial charge in [-0.2, -0.15) is 0 Å². The second kappa shape index (κ2) is 6.93. The van der Waals surface area contributed by atoms with E-state index in [0.29, 0.717) is 10.5 Å². The van der Waals surface area contributed by atoms with E-state index in [1.54, 1.807) is 6.07 Å². The Labute approximate surface area is 135 Å². The predicted molar refractivity (Wildman–Crippen MR) is 91.4 cm³/mol. The fourth-order valence-electron chi connectivity index (χ4n) is 2.99. The topological polar surface area (TPSA) is 8.17 Å². The van der Waals surface area contributed by atoms with Gasteiger partial charge in [0.25, 0.3) is 0 Å². The lowest BCUT2D eigenvalue weighted by atomic mass is 10.1. The molecular formula is C17H24BrFN2. The quantitative estimate of drug-likeness (QED) is 0.687. The minimum Gasteiger partial charge on any atom is -0.344 e. The number of hydrogen-bond acceptors (Lipinski definition) is 1. The molecule has 1 saturated heterocycles. The van der Waals surface area contributed by atoms with Crippen LogP contribution in [0, 0.1) is 12.7 Å². The molecule has 2 nitrogen and oxygen atoms in total. The molecule has 0 bridgehead atoms. The molecule has 0 amide bonds. The zero-order chi connectivity index (χ0) is 15.6. The van der Waals surface area contributed by atoms with Crippen LogP contribution in [0.5, 0.6) is 0 Å². The molecular weight excluding hydrogens is 331 g/mol. The van der Waals surface area contributed by atoms with Crippen LogP contribution in [-0.4, -0.2) is 29.6 Å². The van der Waals surface area contributed by atoms with Gasteiger partial charge in [-0.15, -0.1) is 0 Å². The summed E-state index contributed by atoms with van der Waals surface area (Å²) in [5, 5.41) is 1.15. The first-order chi connectivity index (χ1) is 10.1. The summed E-state index contributed by atoms with van der Waals surface area (Å²) >= 11 is 3.27. The van der Waals surface area contributed by atoms with E-state index >= 15 is 0 Å². The number of halogens is 2. The zero-order valence-electron chi connectivity index (χ0n) is 13.3. The van der Waals surface area contributed by atoms with Crippen LogP contribution >= 0.6 is 15.9 Å². The van der Waals surface area contributed by atoms with E-state index in [2.05, 4.69) is 45.6 Å². The fourth-order valence-corrected chi connectivity index (χ4v) is 3.33. The Balaban J connectivity index is 0.000000774. The SMILES string of the molecule is CC.Cc1cn(C2CCN(C)CC2)c2cc(F)c(Br)cc12. The van der Waals surface area contributed by atoms with Gasteiger partial charge in [-0.3, -0.25) is 0 Å². The standard InChI is InChI=1S/C15H18BrFN2.C2H6/c1-10-9-19(11-3-5-18(2)6-4-11)15-8-14(17)13(16)7-12(10)15;1-2/h7-9,11H,3-6H2,1-2H3;1-2H3. The van der Waals surface area contributed by atoms with Gasteiger partial charge in [-0.25, -0.2) is 4.39 Å². The third kappa shape index (κ3) is 3.32. The predicted octanol–water partition coefficient (Wildman–Crippen LogP) is 5.14. The monoisotopic (exact) mass is 354 g/mol. The summed E-state index contributed by atoms with van der Waals surface area (Å²) in [6.07, 6.45) is 4.45. The van der Waals surface area contributed by atoms with Crippen molar-refractivity contribution >= 4 is 26.8 Å². The molecule has 116 valence electrons. The molecule has 2 heterocycles. The first-order valence-electron chi connectivity index (χ1n) is 7.71. The second-order valence-electron chi connectivity index (χ2n) is 5.54. The molecule has 21 heavy (non-hydrogen) atoms. The molecule has 3 rings (SSSR count). The average Bonchev–Trinajstić information content (AvgIpc) is 2.79. The van der Waals surface area contributed by atoms with E-state index in [1.807, 2.05) is 19.9 Å². The maximum atomic E-state index is 13.8. The summed E-state index contributed by atoms with van der Waals surface area (Å²) in [6.45, 7) is 8.32. The Hall–Kier alpha value is -0.870. The maximum Gasteiger partial charge on any atom is 0.139 e. The van der Waals surface area contributed by atoms with Gasteiger partial charge < -0.3 is 9.47 Å². The van der Waals surface area contributed by atoms with Crippen LogP contribution in [-0.2, 0) is 0 Å². The van der Waals surface area contributed by atoms with Crippen molar-refractivity contribution in [1.29, 1.82) is 0 Å². The molecule has 0 N–H and O–H groups in total. The summed E-state index contributed by atoms with van der Waals surface area (Å²) in [5.74, 6) is -0.181. The Morgan fingerprint density at radius 3 is 2.43 bits per heavy atom. The van der Waals surface area contributed by atoms with Crippen LogP contribution in [0.15, 0.2) is 22.8 Å². The number of nitrogens with zero attached hydrogens (tertiary/aromatic N) is 2. The first-order valence-corrected chi connectivity index (χ1v) is 8.50. The Morgan fingerprint density at radius 2 is 1.81 bits per heavy atom. The van der Waals surface area contributed by atoms with Crippen molar-refractivity contribution < 1.29 is 4.39 Å². The molecule has 1 aliphatic rings. The van der Waals surface area contributed by atoms with Crippen LogP contribution in [0.3, 0.4) is 0 Å². The van der Waals surface area contributed by atoms with E-state index in [0.717, 1.165) is 36.8 Å². The lowest BCUT2D eigenvalue weighted by molar-refractivity contribution is 0.224. The molecule has 1 fully saturated rings. The zero-order valence-corrected chi connectivity index (χ0v) is 14.9. The summed E-state index contributed by atoms with van der Waals surface area (Å²) < 4.78 is 16.6. The van der Waals surface area contributed by atoms with Crippen molar-refractivity contribution in [2.24, 2.45) is 0 Å². The third-order valence-electron chi connectivity index (χ3n) is 4.16. The number of likely N-dealkylation sites (tertiary alicyclic amines) is 1. The molecule has 0 unspecified atom stereocenters. The minimum atomic E-state index is -0.181. The summed E-state index contributed by atoms with van der Waals surface area (Å²) in [7, 11) is 2.16. The van der Waals surface area contributed by atoms with E-state index in [-0.39, 0.29) is 5.82 Å². The number of rotatable bonds is 1. The van der Waals surface area contributed by atoms with Crippen LogP contribution in [0.2, 0.25) is 0 Å². The number of piperidine rings is 1. The first kappa shape index (κ1) is 16.5. The van der Waals surface area contributed by atoms with Crippen molar-refractivity contribution in [3.8, 4) is 0 Å². The number of fused-ring (bicyclic) bond motifs is 1. The molecule has 2 aromatic rings. The summed E-state index contributed by atoms with van der Waals surface area (Å²) in [6, 6.07) is 4.05. The highest BCUT2D eigenvalue weighted by molar-refractivity contribution is 9.10. The minimum absolute atomic E-state index is 0.181. The van der Waals surface area contributed by atoms with Crippen molar-refractivity contribution in [1.82, 2.24) is 9.47 Å². The van der Waals surface area contributed by atoms with Gasteiger partial charge in [0, 0.05) is 17.6 Å². The highest BCUT2D eigenvalue weighted by Crippen LogP contribution is 2.32. The highest BCUT2D eigenvalue weighted by Gasteiger charge is 2.20. The average molecular weight is 355 g/mol. The summed E-state index contributed by atoms with van der Waals surface area (Å²) in [5.41, 5.74) is 2.24. The number of aryl methyl sites for hydroxylation is 1. The van der Waals surface area contributed by atoms with Gasteiger partial charge in [0.05, 0.1) is 9.99 Å². The number of benzene rings is 1. The van der Waals surface area contributed by atoms with Gasteiger partial charge in [-0.1, -0.05) is 13.8 Å². The molecule has 1 aliphatic heterocycles. The molecule has 0 saturated carbocycles. The van der Waals surface area contributed by atoms with Gasteiger partial charge in [0.15, 0.2) is 0 Å². The fraction of sp³-hybridized carbons (Fsp3) is 0.529. The van der Waals surface area contributed by atoms with Crippen molar-refractivity contribution in [2.45, 2.75) is 39.7 Å². The van der Waals surface area contributed by atoms with E-state index in [1.165, 1.54) is 5.56 Å². The van der Waals surface area contributed by atoms with Gasteiger partial charge in [0.1, 0.15) is 5.82 Å². The largest absolute Gasteiger partial charge is 0.344 e. The Bertz CT molecular complexity index is 613. The van der Waals surface area contributed by atoms with E-state index in [4.69, 9.17) is 0 Å². The third-order valence-corrected chi connectivity index (χ3v) is 4.76. The molecule has 0 aliphatic carbocycles. The second-order valence-corrected chi connectivity index (χ2v) is 6.39. The lowest BCUT2D eigenvalue weighted by Gasteiger charge is -2.30. The van der Waals surface area contributed by atoms with Gasteiger partial charge in [-0.05, 0) is 73.5 Å². The van der Waals surface area contributed by atoms with Crippen LogP contribution in [0.4, 0.5) is 4.39 Å². The van der Waals surface area contributed by atoms with Crippen molar-refractivity contribution in [2.75, 3.05) is 20.1 Å². The number of aromatic nitrogens is 1. The van der Waals surface area contributed by atoms with E-state index in [9.17, 15) is 4.39 Å². The maximum absolute atomic E-state index is 13.8. The van der Waals surface area contributed by atoms with Crippen molar-refractivity contribution in [3.63, 3.8) is 0 Å². The molecule has 1 aromatic carbocycles. The summed E-state index contributed by atoms with van der Waals surface area (Å²) in [4.78, 5) is 2.35. The smallest absolute Gasteiger partial charge is 0.139 e. The normalized spacial score (nSPS) is 16.9. The number of hydrogen-bond donors (Lipinski definition) is 0. The van der Waals surface area contributed by atoms with Gasteiger partial charge in [0.2, 0.25) is 0 Å². The van der Waals surface area contributed by atoms with Gasteiger partial charge >= 0.3 is 0 Å². The Kier molecular flexibility index (Phi) is 5.44. The van der Waals surface area contributed by atoms with E-state index < -0.39 is 0 Å². The Morgan fingerprint density at radius 1 is 1.19 bits per heavy atom. The van der Waals surface area contributed by atoms with Crippen LogP contribution < -0.4 is 0 Å².